The SMILES string of the molecule is COc1nsc(CNC(=O)CCl)c1Br. The minimum atomic E-state index is -0.203. The van der Waals surface area contributed by atoms with Crippen molar-refractivity contribution in [2.24, 2.45) is 0 Å². The largest absolute Gasteiger partial charge is 0.480 e. The molecule has 0 unspecified atom stereocenters. The molecule has 0 aliphatic rings. The highest BCUT2D eigenvalue weighted by Crippen LogP contribution is 2.30. The Labute approximate surface area is 98.9 Å². The van der Waals surface area contributed by atoms with Crippen LogP contribution in [-0.2, 0) is 11.3 Å². The molecule has 1 N–H and O–H groups in total. The Morgan fingerprint density at radius 3 is 3.00 bits per heavy atom. The summed E-state index contributed by atoms with van der Waals surface area (Å²) < 4.78 is 9.78. The summed E-state index contributed by atoms with van der Waals surface area (Å²) in [6.07, 6.45) is 0. The van der Waals surface area contributed by atoms with Gasteiger partial charge in [0.25, 0.3) is 0 Å². The number of aromatic nitrogens is 1. The van der Waals surface area contributed by atoms with E-state index in [1.54, 1.807) is 7.11 Å². The summed E-state index contributed by atoms with van der Waals surface area (Å²) in [7, 11) is 1.54. The van der Waals surface area contributed by atoms with E-state index in [1.807, 2.05) is 0 Å². The number of nitrogens with zero attached hydrogens (tertiary/aromatic N) is 1. The maximum atomic E-state index is 10.9. The molecule has 1 aromatic heterocycles. The van der Waals surface area contributed by atoms with E-state index < -0.39 is 0 Å². The molecule has 1 rings (SSSR count). The highest BCUT2D eigenvalue weighted by Gasteiger charge is 2.11. The molecule has 0 fully saturated rings. The van der Waals surface area contributed by atoms with E-state index >= 15 is 0 Å². The van der Waals surface area contributed by atoms with Gasteiger partial charge in [-0.15, -0.1) is 11.6 Å². The number of hydrogen-bond acceptors (Lipinski definition) is 4. The Bertz CT molecular complexity index is 331. The molecule has 0 spiro atoms. The van der Waals surface area contributed by atoms with Crippen molar-refractivity contribution in [2.45, 2.75) is 6.54 Å². The summed E-state index contributed by atoms with van der Waals surface area (Å²) >= 11 is 9.93. The van der Waals surface area contributed by atoms with Crippen LogP contribution in [0.25, 0.3) is 0 Å². The van der Waals surface area contributed by atoms with Gasteiger partial charge in [0.05, 0.1) is 23.0 Å². The third-order valence-corrected chi connectivity index (χ3v) is 3.58. The number of halogens is 2. The van der Waals surface area contributed by atoms with Gasteiger partial charge in [0.1, 0.15) is 5.88 Å². The predicted octanol–water partition coefficient (Wildman–Crippen LogP) is 1.77. The zero-order chi connectivity index (χ0) is 10.6. The van der Waals surface area contributed by atoms with E-state index in [0.29, 0.717) is 12.4 Å². The lowest BCUT2D eigenvalue weighted by Crippen LogP contribution is -2.23. The quantitative estimate of drug-likeness (QED) is 0.862. The van der Waals surface area contributed by atoms with E-state index in [4.69, 9.17) is 16.3 Å². The summed E-state index contributed by atoms with van der Waals surface area (Å²) in [6, 6.07) is 0. The van der Waals surface area contributed by atoms with Crippen LogP contribution in [-0.4, -0.2) is 23.3 Å². The fourth-order valence-corrected chi connectivity index (χ4v) is 2.24. The molecule has 0 radical (unpaired) electrons. The molecule has 14 heavy (non-hydrogen) atoms. The van der Waals surface area contributed by atoms with Gasteiger partial charge in [-0.05, 0) is 27.5 Å². The summed E-state index contributed by atoms with van der Waals surface area (Å²) in [5, 5.41) is 2.64. The summed E-state index contributed by atoms with van der Waals surface area (Å²) in [5.41, 5.74) is 0. The number of carbonyl (C=O) groups is 1. The van der Waals surface area contributed by atoms with E-state index in [2.05, 4.69) is 25.6 Å². The molecule has 0 saturated heterocycles. The fourth-order valence-electron chi connectivity index (χ4n) is 0.759. The minimum Gasteiger partial charge on any atom is -0.480 e. The number of hydrogen-bond donors (Lipinski definition) is 1. The average molecular weight is 300 g/mol. The number of ether oxygens (including phenoxy) is 1. The predicted molar refractivity (Wildman–Crippen MR) is 58.9 cm³/mol. The monoisotopic (exact) mass is 298 g/mol. The summed E-state index contributed by atoms with van der Waals surface area (Å²) in [5.74, 6) is 0.296. The molecule has 4 nitrogen and oxygen atoms in total. The Hall–Kier alpha value is -0.330. The van der Waals surface area contributed by atoms with Crippen LogP contribution in [0.5, 0.6) is 5.88 Å². The second-order valence-corrected chi connectivity index (χ2v) is 4.26. The molecular weight excluding hydrogens is 292 g/mol. The molecule has 0 bridgehead atoms. The number of alkyl halides is 1. The van der Waals surface area contributed by atoms with Crippen LogP contribution in [0.15, 0.2) is 4.47 Å². The van der Waals surface area contributed by atoms with E-state index in [-0.39, 0.29) is 11.8 Å². The first-order valence-electron chi connectivity index (χ1n) is 3.69. The average Bonchev–Trinajstić information content (AvgIpc) is 2.56. The van der Waals surface area contributed by atoms with Crippen molar-refractivity contribution in [3.05, 3.63) is 9.35 Å². The normalized spacial score (nSPS) is 9.93. The number of nitrogens with one attached hydrogen (secondary N) is 1. The van der Waals surface area contributed by atoms with Gasteiger partial charge in [-0.25, -0.2) is 0 Å². The van der Waals surface area contributed by atoms with E-state index in [0.717, 1.165) is 9.35 Å². The van der Waals surface area contributed by atoms with Gasteiger partial charge in [-0.3, -0.25) is 4.79 Å². The second-order valence-electron chi connectivity index (χ2n) is 2.34. The molecule has 0 atom stereocenters. The van der Waals surface area contributed by atoms with Gasteiger partial charge in [0, 0.05) is 0 Å². The summed E-state index contributed by atoms with van der Waals surface area (Å²) in [4.78, 5) is 11.8. The van der Waals surface area contributed by atoms with Crippen molar-refractivity contribution in [1.29, 1.82) is 0 Å². The third kappa shape index (κ3) is 2.83. The van der Waals surface area contributed by atoms with Crippen molar-refractivity contribution in [3.8, 4) is 5.88 Å². The maximum absolute atomic E-state index is 10.9. The van der Waals surface area contributed by atoms with E-state index in [9.17, 15) is 4.79 Å². The third-order valence-electron chi connectivity index (χ3n) is 1.43. The molecule has 1 aromatic rings. The lowest BCUT2D eigenvalue weighted by atomic mass is 10.4. The van der Waals surface area contributed by atoms with Gasteiger partial charge in [-0.1, -0.05) is 0 Å². The molecule has 0 aromatic carbocycles. The van der Waals surface area contributed by atoms with Crippen LogP contribution in [0.3, 0.4) is 0 Å². The molecule has 7 heteroatoms. The highest BCUT2D eigenvalue weighted by atomic mass is 79.9. The summed E-state index contributed by atoms with van der Waals surface area (Å²) in [6.45, 7) is 0.410. The number of rotatable bonds is 4. The van der Waals surface area contributed by atoms with Crippen molar-refractivity contribution in [1.82, 2.24) is 9.69 Å². The molecule has 0 aliphatic heterocycles. The minimum absolute atomic E-state index is 0.0342. The Morgan fingerprint density at radius 1 is 1.79 bits per heavy atom. The molecule has 0 saturated carbocycles. The first kappa shape index (κ1) is 11.7. The van der Waals surface area contributed by atoms with Gasteiger partial charge in [0.15, 0.2) is 0 Å². The van der Waals surface area contributed by atoms with Crippen LogP contribution < -0.4 is 10.1 Å². The van der Waals surface area contributed by atoms with Crippen molar-refractivity contribution < 1.29 is 9.53 Å². The first-order chi connectivity index (χ1) is 6.69. The fraction of sp³-hybridized carbons (Fsp3) is 0.429. The lowest BCUT2D eigenvalue weighted by molar-refractivity contribution is -0.118. The van der Waals surface area contributed by atoms with Gasteiger partial charge >= 0.3 is 0 Å². The highest BCUT2D eigenvalue weighted by molar-refractivity contribution is 9.10. The molecule has 78 valence electrons. The number of methoxy groups -OCH3 is 1. The van der Waals surface area contributed by atoms with Crippen molar-refractivity contribution >= 4 is 45.0 Å². The molecule has 1 heterocycles. The number of carbonyl (C=O) groups excluding carboxylic acids is 1. The zero-order valence-corrected chi connectivity index (χ0v) is 10.5. The van der Waals surface area contributed by atoms with Crippen LogP contribution in [0.2, 0.25) is 0 Å². The second kappa shape index (κ2) is 5.53. The topological polar surface area (TPSA) is 51.2 Å². The smallest absolute Gasteiger partial charge is 0.239 e. The van der Waals surface area contributed by atoms with E-state index in [1.165, 1.54) is 11.5 Å². The Balaban J connectivity index is 2.59. The lowest BCUT2D eigenvalue weighted by Gasteiger charge is -2.00. The Kier molecular flexibility index (Phi) is 4.64. The van der Waals surface area contributed by atoms with Gasteiger partial charge in [-0.2, -0.15) is 4.37 Å². The molecule has 1 amide bonds. The van der Waals surface area contributed by atoms with Crippen LogP contribution in [0.1, 0.15) is 4.88 Å². The van der Waals surface area contributed by atoms with Crippen molar-refractivity contribution in [3.63, 3.8) is 0 Å². The zero-order valence-electron chi connectivity index (χ0n) is 7.34. The van der Waals surface area contributed by atoms with Gasteiger partial charge in [0.2, 0.25) is 11.8 Å². The number of amides is 1. The molecular formula is C7H8BrClN2O2S. The van der Waals surface area contributed by atoms with Crippen LogP contribution in [0, 0.1) is 0 Å². The van der Waals surface area contributed by atoms with Crippen LogP contribution >= 0.6 is 39.1 Å². The molecule has 0 aliphatic carbocycles. The first-order valence-corrected chi connectivity index (χ1v) is 5.79. The standard InChI is InChI=1S/C7H8BrClN2O2S/c1-13-7-6(8)4(14-11-7)3-10-5(12)2-9/h2-3H2,1H3,(H,10,12). The Morgan fingerprint density at radius 2 is 2.50 bits per heavy atom. The van der Waals surface area contributed by atoms with Crippen molar-refractivity contribution in [2.75, 3.05) is 13.0 Å². The maximum Gasteiger partial charge on any atom is 0.239 e. The van der Waals surface area contributed by atoms with Gasteiger partial charge < -0.3 is 10.1 Å². The van der Waals surface area contributed by atoms with Crippen LogP contribution in [0.4, 0.5) is 0 Å².